The van der Waals surface area contributed by atoms with E-state index in [1.165, 1.54) is 11.5 Å². The molecule has 0 saturated heterocycles. The van der Waals surface area contributed by atoms with Gasteiger partial charge in [0.1, 0.15) is 11.4 Å². The van der Waals surface area contributed by atoms with Gasteiger partial charge in [-0.25, -0.2) is 0 Å². The molecule has 2 heterocycles. The molecule has 2 aromatic heterocycles. The lowest BCUT2D eigenvalue weighted by Crippen LogP contribution is -2.05. The van der Waals surface area contributed by atoms with Crippen molar-refractivity contribution in [3.63, 3.8) is 0 Å². The fourth-order valence-corrected chi connectivity index (χ4v) is 2.86. The van der Waals surface area contributed by atoms with Crippen molar-refractivity contribution in [2.75, 3.05) is 0 Å². The molecule has 0 fully saturated rings. The highest BCUT2D eigenvalue weighted by Gasteiger charge is 2.18. The first-order valence-electron chi connectivity index (χ1n) is 5.99. The molecule has 0 aliphatic heterocycles. The zero-order valence-corrected chi connectivity index (χ0v) is 13.9. The molecule has 0 N–H and O–H groups in total. The average molecular weight is 387 g/mol. The summed E-state index contributed by atoms with van der Waals surface area (Å²) in [6.45, 7) is 1.83. The second kappa shape index (κ2) is 6.13. The predicted molar refractivity (Wildman–Crippen MR) is 83.6 cm³/mol. The van der Waals surface area contributed by atoms with E-state index in [0.29, 0.717) is 28.2 Å². The number of aromatic nitrogens is 3. The van der Waals surface area contributed by atoms with Crippen LogP contribution in [-0.4, -0.2) is 14.5 Å². The summed E-state index contributed by atoms with van der Waals surface area (Å²) in [5.41, 5.74) is 0.660. The van der Waals surface area contributed by atoms with Gasteiger partial charge in [-0.2, -0.15) is 9.36 Å². The first kappa shape index (κ1) is 14.5. The molecule has 108 valence electrons. The van der Waals surface area contributed by atoms with E-state index in [0.717, 1.165) is 4.47 Å². The van der Waals surface area contributed by atoms with E-state index in [1.54, 1.807) is 12.1 Å². The summed E-state index contributed by atoms with van der Waals surface area (Å²) in [7, 11) is 0. The normalized spacial score (nSPS) is 12.3. The van der Waals surface area contributed by atoms with Gasteiger partial charge in [0, 0.05) is 9.85 Å². The molecule has 0 spiro atoms. The summed E-state index contributed by atoms with van der Waals surface area (Å²) in [6.07, 6.45) is -0.389. The lowest BCUT2D eigenvalue weighted by molar-refractivity contribution is 0.211. The van der Waals surface area contributed by atoms with Crippen LogP contribution < -0.4 is 4.74 Å². The standard InChI is InChI=1S/C13H9BrClN3O2S/c1-7(19-11-3-2-8(14)6-9(11)15)12-16-13(20-17-12)10-4-5-21-18-10/h2-7H,1H3. The first-order valence-corrected chi connectivity index (χ1v) is 8.00. The second-order valence-corrected chi connectivity index (χ2v) is 6.17. The number of rotatable bonds is 4. The van der Waals surface area contributed by atoms with Crippen LogP contribution in [0.4, 0.5) is 0 Å². The Hall–Kier alpha value is -1.44. The smallest absolute Gasteiger partial charge is 0.277 e. The summed E-state index contributed by atoms with van der Waals surface area (Å²) in [6, 6.07) is 7.22. The Morgan fingerprint density at radius 3 is 2.95 bits per heavy atom. The maximum absolute atomic E-state index is 6.12. The van der Waals surface area contributed by atoms with E-state index in [1.807, 2.05) is 24.4 Å². The molecule has 0 saturated carbocycles. The van der Waals surface area contributed by atoms with Gasteiger partial charge in [-0.1, -0.05) is 32.7 Å². The van der Waals surface area contributed by atoms with Crippen molar-refractivity contribution in [2.45, 2.75) is 13.0 Å². The van der Waals surface area contributed by atoms with Crippen molar-refractivity contribution in [3.8, 4) is 17.3 Å². The highest BCUT2D eigenvalue weighted by atomic mass is 79.9. The van der Waals surface area contributed by atoms with Gasteiger partial charge in [0.15, 0.2) is 6.10 Å². The third-order valence-electron chi connectivity index (χ3n) is 2.66. The van der Waals surface area contributed by atoms with Crippen molar-refractivity contribution in [1.82, 2.24) is 14.5 Å². The lowest BCUT2D eigenvalue weighted by atomic mass is 10.3. The molecule has 3 rings (SSSR count). The zero-order chi connectivity index (χ0) is 14.8. The summed E-state index contributed by atoms with van der Waals surface area (Å²) >= 11 is 10.8. The van der Waals surface area contributed by atoms with E-state index < -0.39 is 0 Å². The molecule has 1 aromatic carbocycles. The average Bonchev–Trinajstić information content (AvgIpc) is 3.10. The van der Waals surface area contributed by atoms with Crippen molar-refractivity contribution >= 4 is 39.1 Å². The fourth-order valence-electron chi connectivity index (χ4n) is 1.64. The predicted octanol–water partition coefficient (Wildman–Crippen LogP) is 4.75. The fraction of sp³-hybridized carbons (Fsp3) is 0.154. The van der Waals surface area contributed by atoms with E-state index in [9.17, 15) is 0 Å². The summed E-state index contributed by atoms with van der Waals surface area (Å²) in [4.78, 5) is 4.29. The molecule has 0 radical (unpaired) electrons. The van der Waals surface area contributed by atoms with Gasteiger partial charge in [0.2, 0.25) is 5.82 Å². The summed E-state index contributed by atoms with van der Waals surface area (Å²) < 4.78 is 16.0. The van der Waals surface area contributed by atoms with Crippen LogP contribution in [-0.2, 0) is 0 Å². The molecular formula is C13H9BrClN3O2S. The van der Waals surface area contributed by atoms with Crippen LogP contribution in [0.15, 0.2) is 38.6 Å². The van der Waals surface area contributed by atoms with Gasteiger partial charge in [0.25, 0.3) is 5.89 Å². The van der Waals surface area contributed by atoms with E-state index in [4.69, 9.17) is 20.9 Å². The van der Waals surface area contributed by atoms with Gasteiger partial charge in [-0.05, 0) is 42.7 Å². The van der Waals surface area contributed by atoms with Crippen LogP contribution in [0.5, 0.6) is 5.75 Å². The Morgan fingerprint density at radius 2 is 2.24 bits per heavy atom. The summed E-state index contributed by atoms with van der Waals surface area (Å²) in [5, 5.41) is 6.28. The van der Waals surface area contributed by atoms with E-state index >= 15 is 0 Å². The minimum absolute atomic E-state index is 0.378. The zero-order valence-electron chi connectivity index (χ0n) is 10.8. The van der Waals surface area contributed by atoms with Crippen molar-refractivity contribution in [1.29, 1.82) is 0 Å². The van der Waals surface area contributed by atoms with Gasteiger partial charge in [-0.3, -0.25) is 0 Å². The molecule has 0 bridgehead atoms. The topological polar surface area (TPSA) is 61.0 Å². The SMILES string of the molecule is CC(Oc1ccc(Br)cc1Cl)c1noc(-c2ccsn2)n1. The van der Waals surface area contributed by atoms with Gasteiger partial charge >= 0.3 is 0 Å². The van der Waals surface area contributed by atoms with Crippen LogP contribution in [0.2, 0.25) is 5.02 Å². The Balaban J connectivity index is 1.78. The maximum atomic E-state index is 6.12. The number of benzene rings is 1. The van der Waals surface area contributed by atoms with Gasteiger partial charge in [0.05, 0.1) is 5.02 Å². The van der Waals surface area contributed by atoms with E-state index in [2.05, 4.69) is 30.4 Å². The third kappa shape index (κ3) is 3.25. The molecule has 21 heavy (non-hydrogen) atoms. The minimum atomic E-state index is -0.389. The maximum Gasteiger partial charge on any atom is 0.277 e. The molecule has 5 nitrogen and oxygen atoms in total. The Kier molecular flexibility index (Phi) is 4.23. The largest absolute Gasteiger partial charge is 0.481 e. The number of nitrogens with zero attached hydrogens (tertiary/aromatic N) is 3. The van der Waals surface area contributed by atoms with Crippen molar-refractivity contribution in [3.05, 3.63) is 45.0 Å². The Morgan fingerprint density at radius 1 is 1.38 bits per heavy atom. The summed E-state index contributed by atoms with van der Waals surface area (Å²) in [5.74, 6) is 1.38. The monoisotopic (exact) mass is 385 g/mol. The van der Waals surface area contributed by atoms with Crippen molar-refractivity contribution in [2.24, 2.45) is 0 Å². The molecule has 0 aliphatic carbocycles. The second-order valence-electron chi connectivity index (χ2n) is 4.18. The van der Waals surface area contributed by atoms with Crippen LogP contribution in [0.3, 0.4) is 0 Å². The molecule has 1 unspecified atom stereocenters. The Bertz CT molecular complexity index is 748. The number of hydrogen-bond acceptors (Lipinski definition) is 6. The highest BCUT2D eigenvalue weighted by Crippen LogP contribution is 2.31. The lowest BCUT2D eigenvalue weighted by Gasteiger charge is -2.12. The van der Waals surface area contributed by atoms with Crippen LogP contribution in [0.25, 0.3) is 11.6 Å². The van der Waals surface area contributed by atoms with Crippen LogP contribution >= 0.6 is 39.1 Å². The van der Waals surface area contributed by atoms with Crippen LogP contribution in [0, 0.1) is 0 Å². The first-order chi connectivity index (χ1) is 10.1. The molecule has 0 amide bonds. The number of ether oxygens (including phenoxy) is 1. The van der Waals surface area contributed by atoms with Gasteiger partial charge < -0.3 is 9.26 Å². The molecular weight excluding hydrogens is 378 g/mol. The number of hydrogen-bond donors (Lipinski definition) is 0. The molecule has 0 aliphatic rings. The van der Waals surface area contributed by atoms with E-state index in [-0.39, 0.29) is 6.10 Å². The molecule has 3 aromatic rings. The minimum Gasteiger partial charge on any atom is -0.481 e. The third-order valence-corrected chi connectivity index (χ3v) is 4.01. The molecule has 8 heteroatoms. The van der Waals surface area contributed by atoms with Gasteiger partial charge in [-0.15, -0.1) is 0 Å². The van der Waals surface area contributed by atoms with Crippen LogP contribution in [0.1, 0.15) is 18.9 Å². The highest BCUT2D eigenvalue weighted by molar-refractivity contribution is 9.10. The molecule has 1 atom stereocenters. The van der Waals surface area contributed by atoms with Crippen molar-refractivity contribution < 1.29 is 9.26 Å². The number of halogens is 2. The quantitative estimate of drug-likeness (QED) is 0.647. The Labute approximate surface area is 138 Å².